The second-order valence-electron chi connectivity index (χ2n) is 6.63. The zero-order chi connectivity index (χ0) is 19.9. The number of fused-ring (bicyclic) bond motifs is 1. The number of thiazole rings is 1. The Morgan fingerprint density at radius 2 is 2.00 bits per heavy atom. The molecule has 0 radical (unpaired) electrons. The molecule has 0 aliphatic carbocycles. The first-order valence-corrected chi connectivity index (χ1v) is 11.1. The van der Waals surface area contributed by atoms with E-state index in [1.165, 1.54) is 27.8 Å². The highest BCUT2D eigenvalue weighted by atomic mass is 32.2. The van der Waals surface area contributed by atoms with Crippen molar-refractivity contribution in [1.82, 2.24) is 9.29 Å². The summed E-state index contributed by atoms with van der Waals surface area (Å²) in [6, 6.07) is 9.27. The summed E-state index contributed by atoms with van der Waals surface area (Å²) in [4.78, 5) is 17.2. The molecular weight excluding hydrogens is 401 g/mol. The van der Waals surface area contributed by atoms with Crippen LogP contribution in [-0.2, 0) is 14.8 Å². The molecule has 0 saturated carbocycles. The van der Waals surface area contributed by atoms with Crippen LogP contribution in [-0.4, -0.2) is 36.2 Å². The fourth-order valence-electron chi connectivity index (χ4n) is 3.37. The molecule has 1 aliphatic heterocycles. The first-order chi connectivity index (χ1) is 13.3. The van der Waals surface area contributed by atoms with Crippen molar-refractivity contribution in [2.45, 2.75) is 30.7 Å². The minimum absolute atomic E-state index is 0.0184. The van der Waals surface area contributed by atoms with Crippen LogP contribution < -0.4 is 5.32 Å². The van der Waals surface area contributed by atoms with E-state index in [9.17, 15) is 17.6 Å². The van der Waals surface area contributed by atoms with Gasteiger partial charge in [0.2, 0.25) is 15.9 Å². The summed E-state index contributed by atoms with van der Waals surface area (Å²) in [6.45, 7) is 2.17. The third-order valence-electron chi connectivity index (χ3n) is 4.69. The molecule has 28 heavy (non-hydrogen) atoms. The normalized spacial score (nSPS) is 17.9. The molecule has 1 unspecified atom stereocenters. The first-order valence-electron chi connectivity index (χ1n) is 8.80. The molecule has 2 aromatic carbocycles. The zero-order valence-corrected chi connectivity index (χ0v) is 16.7. The second kappa shape index (κ2) is 7.23. The number of amides is 1. The topological polar surface area (TPSA) is 79.4 Å². The summed E-state index contributed by atoms with van der Waals surface area (Å²) in [5.74, 6) is -0.882. The number of benzene rings is 2. The van der Waals surface area contributed by atoms with Gasteiger partial charge in [-0.1, -0.05) is 0 Å². The zero-order valence-electron chi connectivity index (χ0n) is 15.1. The van der Waals surface area contributed by atoms with Crippen molar-refractivity contribution in [2.75, 3.05) is 11.9 Å². The molecule has 3 aromatic rings. The Morgan fingerprint density at radius 3 is 2.75 bits per heavy atom. The first kappa shape index (κ1) is 19.0. The van der Waals surface area contributed by atoms with E-state index in [0.29, 0.717) is 18.5 Å². The van der Waals surface area contributed by atoms with E-state index in [4.69, 9.17) is 0 Å². The van der Waals surface area contributed by atoms with Gasteiger partial charge in [-0.2, -0.15) is 4.31 Å². The van der Waals surface area contributed by atoms with Gasteiger partial charge in [0, 0.05) is 12.2 Å². The Balaban J connectivity index is 1.56. The predicted molar refractivity (Wildman–Crippen MR) is 106 cm³/mol. The van der Waals surface area contributed by atoms with Gasteiger partial charge in [0.1, 0.15) is 11.9 Å². The van der Waals surface area contributed by atoms with Crippen LogP contribution in [0, 0.1) is 12.7 Å². The Hall–Kier alpha value is -2.36. The summed E-state index contributed by atoms with van der Waals surface area (Å²) < 4.78 is 41.1. The molecule has 0 bridgehead atoms. The minimum atomic E-state index is -3.88. The molecule has 4 rings (SSSR count). The molecular formula is C19H18FN3O3S2. The van der Waals surface area contributed by atoms with E-state index in [1.54, 1.807) is 6.07 Å². The molecule has 0 spiro atoms. The third-order valence-corrected chi connectivity index (χ3v) is 7.55. The molecule has 2 heterocycles. The lowest BCUT2D eigenvalue weighted by Crippen LogP contribution is -2.43. The van der Waals surface area contributed by atoms with Gasteiger partial charge >= 0.3 is 0 Å². The van der Waals surface area contributed by atoms with Gasteiger partial charge in [-0.05, 0) is 62.2 Å². The molecule has 146 valence electrons. The van der Waals surface area contributed by atoms with Crippen molar-refractivity contribution in [3.8, 4) is 0 Å². The Labute approximate surface area is 166 Å². The van der Waals surface area contributed by atoms with Gasteiger partial charge in [-0.3, -0.25) is 4.79 Å². The van der Waals surface area contributed by atoms with Crippen molar-refractivity contribution in [1.29, 1.82) is 0 Å². The van der Waals surface area contributed by atoms with E-state index in [2.05, 4.69) is 10.3 Å². The molecule has 6 nitrogen and oxygen atoms in total. The van der Waals surface area contributed by atoms with Crippen LogP contribution in [0.4, 0.5) is 10.1 Å². The molecule has 1 amide bonds. The molecule has 9 heteroatoms. The van der Waals surface area contributed by atoms with Gasteiger partial charge < -0.3 is 5.32 Å². The molecule has 1 fully saturated rings. The smallest absolute Gasteiger partial charge is 0.243 e. The van der Waals surface area contributed by atoms with Gasteiger partial charge in [-0.25, -0.2) is 17.8 Å². The average molecular weight is 420 g/mol. The number of aromatic nitrogens is 1. The SMILES string of the molecule is Cc1nc2ccc(NC(=O)C3CCCN3S(=O)(=O)c3ccc(F)cc3)cc2s1. The van der Waals surface area contributed by atoms with Crippen LogP contribution in [0.15, 0.2) is 47.4 Å². The lowest BCUT2D eigenvalue weighted by Gasteiger charge is -2.23. The number of sulfonamides is 1. The van der Waals surface area contributed by atoms with Gasteiger partial charge in [0.25, 0.3) is 0 Å². The number of rotatable bonds is 4. The molecule has 1 saturated heterocycles. The monoisotopic (exact) mass is 419 g/mol. The standard InChI is InChI=1S/C19H18FN3O3S2/c1-12-21-16-9-6-14(11-18(16)27-12)22-19(24)17-3-2-10-23(17)28(25,26)15-7-4-13(20)5-8-15/h4-9,11,17H,2-3,10H2,1H3,(H,22,24). The molecule has 1 atom stereocenters. The number of carbonyl (C=O) groups is 1. The Bertz CT molecular complexity index is 1140. The van der Waals surface area contributed by atoms with Gasteiger partial charge in [0.05, 0.1) is 20.1 Å². The number of hydrogen-bond donors (Lipinski definition) is 1. The number of halogens is 1. The number of anilines is 1. The van der Waals surface area contributed by atoms with E-state index in [1.807, 2.05) is 19.1 Å². The van der Waals surface area contributed by atoms with E-state index >= 15 is 0 Å². The number of nitrogens with one attached hydrogen (secondary N) is 1. The largest absolute Gasteiger partial charge is 0.325 e. The fraction of sp³-hybridized carbons (Fsp3) is 0.263. The third kappa shape index (κ3) is 3.52. The lowest BCUT2D eigenvalue weighted by atomic mass is 10.2. The average Bonchev–Trinajstić information content (AvgIpc) is 3.28. The fourth-order valence-corrected chi connectivity index (χ4v) is 5.90. The van der Waals surface area contributed by atoms with Crippen LogP contribution in [0.3, 0.4) is 0 Å². The van der Waals surface area contributed by atoms with Crippen molar-refractivity contribution in [2.24, 2.45) is 0 Å². The van der Waals surface area contributed by atoms with E-state index < -0.39 is 21.9 Å². The highest BCUT2D eigenvalue weighted by Gasteiger charge is 2.39. The summed E-state index contributed by atoms with van der Waals surface area (Å²) in [5.41, 5.74) is 1.47. The van der Waals surface area contributed by atoms with Crippen LogP contribution in [0.1, 0.15) is 17.8 Å². The van der Waals surface area contributed by atoms with Crippen molar-refractivity contribution in [3.63, 3.8) is 0 Å². The number of aryl methyl sites for hydroxylation is 1. The van der Waals surface area contributed by atoms with Crippen molar-refractivity contribution < 1.29 is 17.6 Å². The van der Waals surface area contributed by atoms with Crippen molar-refractivity contribution in [3.05, 3.63) is 53.3 Å². The second-order valence-corrected chi connectivity index (χ2v) is 9.76. The number of carbonyl (C=O) groups excluding carboxylic acids is 1. The van der Waals surface area contributed by atoms with Gasteiger partial charge in [0.15, 0.2) is 0 Å². The summed E-state index contributed by atoms with van der Waals surface area (Å²) in [5, 5.41) is 3.76. The van der Waals surface area contributed by atoms with Crippen LogP contribution in [0.5, 0.6) is 0 Å². The highest BCUT2D eigenvalue weighted by molar-refractivity contribution is 7.89. The number of hydrogen-bond acceptors (Lipinski definition) is 5. The van der Waals surface area contributed by atoms with Crippen LogP contribution >= 0.6 is 11.3 Å². The highest BCUT2D eigenvalue weighted by Crippen LogP contribution is 2.28. The maximum Gasteiger partial charge on any atom is 0.243 e. The maximum atomic E-state index is 13.1. The molecule has 1 aliphatic rings. The predicted octanol–water partition coefficient (Wildman–Crippen LogP) is 3.54. The Kier molecular flexibility index (Phi) is 4.90. The quantitative estimate of drug-likeness (QED) is 0.702. The van der Waals surface area contributed by atoms with Crippen LogP contribution in [0.2, 0.25) is 0 Å². The summed E-state index contributed by atoms with van der Waals surface area (Å²) in [6.07, 6.45) is 1.03. The van der Waals surface area contributed by atoms with Crippen LogP contribution in [0.25, 0.3) is 10.2 Å². The van der Waals surface area contributed by atoms with E-state index in [0.717, 1.165) is 27.4 Å². The maximum absolute atomic E-state index is 13.1. The number of nitrogens with zero attached hydrogens (tertiary/aromatic N) is 2. The van der Waals surface area contributed by atoms with Gasteiger partial charge in [-0.15, -0.1) is 11.3 Å². The summed E-state index contributed by atoms with van der Waals surface area (Å²) in [7, 11) is -3.88. The Morgan fingerprint density at radius 1 is 1.25 bits per heavy atom. The van der Waals surface area contributed by atoms with Crippen molar-refractivity contribution >= 4 is 43.2 Å². The molecule has 1 N–H and O–H groups in total. The summed E-state index contributed by atoms with van der Waals surface area (Å²) >= 11 is 1.53. The van der Waals surface area contributed by atoms with E-state index in [-0.39, 0.29) is 17.3 Å². The lowest BCUT2D eigenvalue weighted by molar-refractivity contribution is -0.119. The molecule has 1 aromatic heterocycles. The minimum Gasteiger partial charge on any atom is -0.325 e.